The number of anilines is 1. The molecule has 122 valence electrons. The molecule has 0 bridgehead atoms. The van der Waals surface area contributed by atoms with Crippen molar-refractivity contribution in [2.24, 2.45) is 5.10 Å². The third-order valence-electron chi connectivity index (χ3n) is 3.73. The van der Waals surface area contributed by atoms with Crippen LogP contribution in [-0.4, -0.2) is 25.9 Å². The first-order chi connectivity index (χ1) is 12.2. The third kappa shape index (κ3) is 2.70. The first-order valence-electron chi connectivity index (χ1n) is 7.58. The zero-order chi connectivity index (χ0) is 17.4. The van der Waals surface area contributed by atoms with E-state index in [0.717, 1.165) is 26.9 Å². The Morgan fingerprint density at radius 1 is 1.28 bits per heavy atom. The van der Waals surface area contributed by atoms with E-state index in [-0.39, 0.29) is 5.71 Å². The number of aromatic nitrogens is 4. The van der Waals surface area contributed by atoms with Gasteiger partial charge in [0.1, 0.15) is 6.07 Å². The summed E-state index contributed by atoms with van der Waals surface area (Å²) in [4.78, 5) is 8.85. The number of benzene rings is 1. The number of rotatable bonds is 3. The van der Waals surface area contributed by atoms with Gasteiger partial charge in [-0.05, 0) is 37.6 Å². The van der Waals surface area contributed by atoms with E-state index in [1.807, 2.05) is 44.2 Å². The largest absolute Gasteiger partial charge is 0.260 e. The average molecular weight is 347 g/mol. The van der Waals surface area contributed by atoms with Crippen LogP contribution in [0, 0.1) is 25.2 Å². The molecule has 0 radical (unpaired) electrons. The van der Waals surface area contributed by atoms with Crippen molar-refractivity contribution in [3.05, 3.63) is 46.6 Å². The predicted molar refractivity (Wildman–Crippen MR) is 98.8 cm³/mol. The van der Waals surface area contributed by atoms with Crippen LogP contribution in [0.5, 0.6) is 0 Å². The fourth-order valence-corrected chi connectivity index (χ4v) is 3.56. The van der Waals surface area contributed by atoms with Gasteiger partial charge in [-0.1, -0.05) is 12.1 Å². The highest BCUT2D eigenvalue weighted by Crippen LogP contribution is 2.25. The minimum absolute atomic E-state index is 0.224. The molecule has 8 heteroatoms. The standard InChI is InChI=1S/C17H13N7S/c1-9-7-10(2)19-15-14(9)16(24-22-15)23-21-12(8-18)17-20-11-5-3-4-6-13(11)25-17/h3-7H,1-2H3,(H2,19,22,23,24)/b21-12+. The van der Waals surface area contributed by atoms with E-state index in [4.69, 9.17) is 0 Å². The van der Waals surface area contributed by atoms with Gasteiger partial charge >= 0.3 is 0 Å². The number of thiazole rings is 1. The molecule has 0 unspecified atom stereocenters. The van der Waals surface area contributed by atoms with E-state index in [2.05, 4.69) is 36.8 Å². The Kier molecular flexibility index (Phi) is 3.63. The van der Waals surface area contributed by atoms with Crippen molar-refractivity contribution in [3.8, 4) is 6.07 Å². The number of nitrogens with zero attached hydrogens (tertiary/aromatic N) is 5. The van der Waals surface area contributed by atoms with Crippen LogP contribution < -0.4 is 5.43 Å². The van der Waals surface area contributed by atoms with Gasteiger partial charge in [-0.2, -0.15) is 15.5 Å². The average Bonchev–Trinajstić information content (AvgIpc) is 3.19. The smallest absolute Gasteiger partial charge is 0.196 e. The van der Waals surface area contributed by atoms with Gasteiger partial charge < -0.3 is 0 Å². The SMILES string of the molecule is Cc1cc(C)c2c(N/N=C(\C#N)c3nc4ccccc4s3)[nH]nc2n1. The van der Waals surface area contributed by atoms with Crippen LogP contribution in [-0.2, 0) is 0 Å². The van der Waals surface area contributed by atoms with Crippen LogP contribution in [0.1, 0.15) is 16.3 Å². The summed E-state index contributed by atoms with van der Waals surface area (Å²) in [6, 6.07) is 11.8. The number of aromatic amines is 1. The van der Waals surface area contributed by atoms with Crippen LogP contribution in [0.2, 0.25) is 0 Å². The summed E-state index contributed by atoms with van der Waals surface area (Å²) in [7, 11) is 0. The molecule has 0 saturated carbocycles. The highest BCUT2D eigenvalue weighted by molar-refractivity contribution is 7.20. The minimum atomic E-state index is 0.224. The van der Waals surface area contributed by atoms with Crippen LogP contribution in [0.4, 0.5) is 5.82 Å². The number of para-hydroxylation sites is 1. The Morgan fingerprint density at radius 3 is 2.92 bits per heavy atom. The molecule has 4 rings (SSSR count). The maximum absolute atomic E-state index is 9.45. The number of nitriles is 1. The fraction of sp³-hybridized carbons (Fsp3) is 0.118. The number of H-pyrrole nitrogens is 1. The number of hydrogen-bond acceptors (Lipinski definition) is 7. The first kappa shape index (κ1) is 15.2. The highest BCUT2D eigenvalue weighted by atomic mass is 32.1. The minimum Gasteiger partial charge on any atom is -0.260 e. The second-order valence-corrected chi connectivity index (χ2v) is 6.58. The van der Waals surface area contributed by atoms with Crippen molar-refractivity contribution < 1.29 is 0 Å². The summed E-state index contributed by atoms with van der Waals surface area (Å²) in [6.07, 6.45) is 0. The van der Waals surface area contributed by atoms with Gasteiger partial charge in [-0.25, -0.2) is 9.97 Å². The van der Waals surface area contributed by atoms with Crippen molar-refractivity contribution >= 4 is 44.1 Å². The van der Waals surface area contributed by atoms with Gasteiger partial charge in [0, 0.05) is 5.69 Å². The molecule has 7 nitrogen and oxygen atoms in total. The maximum atomic E-state index is 9.45. The van der Waals surface area contributed by atoms with Gasteiger partial charge in [0.2, 0.25) is 0 Å². The molecule has 0 spiro atoms. The number of aryl methyl sites for hydroxylation is 2. The Morgan fingerprint density at radius 2 is 2.12 bits per heavy atom. The number of nitrogens with one attached hydrogen (secondary N) is 2. The van der Waals surface area contributed by atoms with Crippen molar-refractivity contribution in [2.75, 3.05) is 5.43 Å². The Bertz CT molecular complexity index is 1130. The molecule has 2 N–H and O–H groups in total. The van der Waals surface area contributed by atoms with Gasteiger partial charge in [-0.15, -0.1) is 11.3 Å². The topological polar surface area (TPSA) is 103 Å². The predicted octanol–water partition coefficient (Wildman–Crippen LogP) is 3.52. The van der Waals surface area contributed by atoms with Crippen molar-refractivity contribution in [1.82, 2.24) is 20.2 Å². The van der Waals surface area contributed by atoms with Gasteiger partial charge in [0.05, 0.1) is 15.6 Å². The molecule has 0 aliphatic carbocycles. The van der Waals surface area contributed by atoms with Gasteiger partial charge in [0.15, 0.2) is 22.2 Å². The molecular formula is C17H13N7S. The normalized spacial score (nSPS) is 11.8. The molecule has 1 aromatic carbocycles. The summed E-state index contributed by atoms with van der Waals surface area (Å²) in [5.74, 6) is 0.605. The lowest BCUT2D eigenvalue weighted by Crippen LogP contribution is -2.01. The maximum Gasteiger partial charge on any atom is 0.196 e. The summed E-state index contributed by atoms with van der Waals surface area (Å²) in [6.45, 7) is 3.91. The zero-order valence-electron chi connectivity index (χ0n) is 13.5. The molecule has 0 saturated heterocycles. The second-order valence-electron chi connectivity index (χ2n) is 5.55. The molecule has 25 heavy (non-hydrogen) atoms. The van der Waals surface area contributed by atoms with Crippen LogP contribution in [0.3, 0.4) is 0 Å². The lowest BCUT2D eigenvalue weighted by molar-refractivity contribution is 1.07. The Labute approximate surface area is 147 Å². The quantitative estimate of drug-likeness (QED) is 0.436. The lowest BCUT2D eigenvalue weighted by Gasteiger charge is -2.01. The molecule has 3 heterocycles. The monoisotopic (exact) mass is 347 g/mol. The summed E-state index contributed by atoms with van der Waals surface area (Å²) in [5, 5.41) is 22.2. The third-order valence-corrected chi connectivity index (χ3v) is 4.77. The van der Waals surface area contributed by atoms with E-state index in [1.54, 1.807) is 0 Å². The van der Waals surface area contributed by atoms with Crippen LogP contribution in [0.15, 0.2) is 35.4 Å². The Hall–Kier alpha value is -3.31. The van der Waals surface area contributed by atoms with Crippen LogP contribution in [0.25, 0.3) is 21.3 Å². The molecule has 0 amide bonds. The van der Waals surface area contributed by atoms with E-state index < -0.39 is 0 Å². The molecule has 4 aromatic rings. The summed E-state index contributed by atoms with van der Waals surface area (Å²) < 4.78 is 1.02. The fourth-order valence-electron chi connectivity index (χ4n) is 2.66. The van der Waals surface area contributed by atoms with E-state index in [1.165, 1.54) is 11.3 Å². The van der Waals surface area contributed by atoms with Gasteiger partial charge in [-0.3, -0.25) is 10.5 Å². The second kappa shape index (κ2) is 5.96. The Balaban J connectivity index is 1.71. The van der Waals surface area contributed by atoms with Crippen molar-refractivity contribution in [3.63, 3.8) is 0 Å². The molecule has 0 atom stereocenters. The number of fused-ring (bicyclic) bond motifs is 2. The van der Waals surface area contributed by atoms with E-state index in [0.29, 0.717) is 16.5 Å². The molecule has 0 aliphatic rings. The number of hydrogen-bond donors (Lipinski definition) is 2. The zero-order valence-corrected chi connectivity index (χ0v) is 14.3. The van der Waals surface area contributed by atoms with Crippen molar-refractivity contribution in [1.29, 1.82) is 5.26 Å². The highest BCUT2D eigenvalue weighted by Gasteiger charge is 2.12. The number of hydrazone groups is 1. The molecule has 0 fully saturated rings. The van der Waals surface area contributed by atoms with Crippen LogP contribution >= 0.6 is 11.3 Å². The summed E-state index contributed by atoms with van der Waals surface area (Å²) in [5.41, 5.74) is 6.53. The van der Waals surface area contributed by atoms with Crippen molar-refractivity contribution in [2.45, 2.75) is 13.8 Å². The molecule has 3 aromatic heterocycles. The molecule has 0 aliphatic heterocycles. The van der Waals surface area contributed by atoms with E-state index in [9.17, 15) is 5.26 Å². The first-order valence-corrected chi connectivity index (χ1v) is 8.39. The lowest BCUT2D eigenvalue weighted by atomic mass is 10.2. The molecular weight excluding hydrogens is 334 g/mol. The summed E-state index contributed by atoms with van der Waals surface area (Å²) >= 11 is 1.43. The van der Waals surface area contributed by atoms with E-state index >= 15 is 0 Å². The number of pyridine rings is 1. The van der Waals surface area contributed by atoms with Gasteiger partial charge in [0.25, 0.3) is 0 Å².